The van der Waals surface area contributed by atoms with Gasteiger partial charge in [-0.3, -0.25) is 0 Å². The third kappa shape index (κ3) is 2.25. The molecule has 2 heteroatoms. The summed E-state index contributed by atoms with van der Waals surface area (Å²) >= 11 is 0. The fourth-order valence-corrected chi connectivity index (χ4v) is 1.54. The quantitative estimate of drug-likeness (QED) is 0.726. The first-order chi connectivity index (χ1) is 6.15. The molecular formula is C11H16N2. The van der Waals surface area contributed by atoms with Gasteiger partial charge >= 0.3 is 0 Å². The number of anilines is 1. The maximum absolute atomic E-state index is 5.26. The van der Waals surface area contributed by atoms with Gasteiger partial charge in [0, 0.05) is 18.1 Å². The minimum absolute atomic E-state index is 1.15. The van der Waals surface area contributed by atoms with Crippen molar-refractivity contribution < 1.29 is 0 Å². The van der Waals surface area contributed by atoms with E-state index in [-0.39, 0.29) is 0 Å². The third-order valence-corrected chi connectivity index (χ3v) is 2.00. The van der Waals surface area contributed by atoms with Gasteiger partial charge in [-0.1, -0.05) is 17.7 Å². The van der Waals surface area contributed by atoms with E-state index in [0.29, 0.717) is 0 Å². The second-order valence-corrected chi connectivity index (χ2v) is 3.28. The second kappa shape index (κ2) is 3.99. The fraction of sp³-hybridized carbons (Fsp3) is 0.273. The standard InChI is InChI=1S/C11H16N2/c1-8-6-9(2)11(10(3)7-8)13-5-4-12/h4-7,13H,12H2,1-3H3/b5-4+. The van der Waals surface area contributed by atoms with Crippen molar-refractivity contribution in [1.29, 1.82) is 0 Å². The van der Waals surface area contributed by atoms with Gasteiger partial charge in [0.25, 0.3) is 0 Å². The highest BCUT2D eigenvalue weighted by molar-refractivity contribution is 5.59. The molecule has 0 aliphatic rings. The Morgan fingerprint density at radius 2 is 1.69 bits per heavy atom. The predicted molar refractivity (Wildman–Crippen MR) is 57.6 cm³/mol. The molecule has 0 aliphatic heterocycles. The number of nitrogens with one attached hydrogen (secondary N) is 1. The third-order valence-electron chi connectivity index (χ3n) is 2.00. The molecule has 13 heavy (non-hydrogen) atoms. The van der Waals surface area contributed by atoms with Crippen LogP contribution in [0.4, 0.5) is 5.69 Å². The molecule has 0 fully saturated rings. The van der Waals surface area contributed by atoms with E-state index in [1.165, 1.54) is 22.9 Å². The van der Waals surface area contributed by atoms with E-state index in [4.69, 9.17) is 5.73 Å². The predicted octanol–water partition coefficient (Wildman–Crippen LogP) is 2.45. The zero-order valence-electron chi connectivity index (χ0n) is 8.39. The van der Waals surface area contributed by atoms with Gasteiger partial charge in [0.15, 0.2) is 0 Å². The first kappa shape index (κ1) is 9.65. The Balaban J connectivity index is 3.05. The van der Waals surface area contributed by atoms with E-state index in [9.17, 15) is 0 Å². The Bertz CT molecular complexity index is 304. The minimum atomic E-state index is 1.15. The molecule has 0 aliphatic carbocycles. The van der Waals surface area contributed by atoms with Gasteiger partial charge < -0.3 is 11.1 Å². The summed E-state index contributed by atoms with van der Waals surface area (Å²) in [5, 5.41) is 3.15. The van der Waals surface area contributed by atoms with Gasteiger partial charge in [-0.25, -0.2) is 0 Å². The summed E-state index contributed by atoms with van der Waals surface area (Å²) in [6.45, 7) is 6.28. The molecule has 0 radical (unpaired) electrons. The number of benzene rings is 1. The van der Waals surface area contributed by atoms with Crippen LogP contribution in [0.2, 0.25) is 0 Å². The number of nitrogens with two attached hydrogens (primary N) is 1. The Hall–Kier alpha value is -1.44. The summed E-state index contributed by atoms with van der Waals surface area (Å²) in [5.74, 6) is 0. The molecular weight excluding hydrogens is 160 g/mol. The highest BCUT2D eigenvalue weighted by atomic mass is 14.9. The Kier molecular flexibility index (Phi) is 2.96. The second-order valence-electron chi connectivity index (χ2n) is 3.28. The monoisotopic (exact) mass is 176 g/mol. The first-order valence-electron chi connectivity index (χ1n) is 4.36. The van der Waals surface area contributed by atoms with E-state index < -0.39 is 0 Å². The molecule has 0 unspecified atom stereocenters. The van der Waals surface area contributed by atoms with Crippen LogP contribution in [0.25, 0.3) is 0 Å². The molecule has 0 amide bonds. The van der Waals surface area contributed by atoms with Crippen LogP contribution in [0.5, 0.6) is 0 Å². The molecule has 70 valence electrons. The maximum Gasteiger partial charge on any atom is 0.0439 e. The molecule has 0 heterocycles. The van der Waals surface area contributed by atoms with Crippen LogP contribution in [0, 0.1) is 20.8 Å². The van der Waals surface area contributed by atoms with Gasteiger partial charge in [0.2, 0.25) is 0 Å². The lowest BCUT2D eigenvalue weighted by Crippen LogP contribution is -1.96. The smallest absolute Gasteiger partial charge is 0.0439 e. The Morgan fingerprint density at radius 1 is 1.15 bits per heavy atom. The van der Waals surface area contributed by atoms with Crippen LogP contribution in [-0.4, -0.2) is 0 Å². The van der Waals surface area contributed by atoms with Crippen LogP contribution in [-0.2, 0) is 0 Å². The van der Waals surface area contributed by atoms with Crippen molar-refractivity contribution in [2.24, 2.45) is 5.73 Å². The van der Waals surface area contributed by atoms with Crippen LogP contribution in [0.15, 0.2) is 24.5 Å². The molecule has 1 rings (SSSR count). The summed E-state index contributed by atoms with van der Waals surface area (Å²) in [4.78, 5) is 0. The van der Waals surface area contributed by atoms with E-state index in [1.54, 1.807) is 6.20 Å². The average Bonchev–Trinajstić information content (AvgIpc) is 2.02. The van der Waals surface area contributed by atoms with Crippen molar-refractivity contribution in [2.75, 3.05) is 5.32 Å². The molecule has 0 spiro atoms. The van der Waals surface area contributed by atoms with E-state index in [1.807, 2.05) is 0 Å². The normalized spacial score (nSPS) is 10.7. The van der Waals surface area contributed by atoms with Crippen molar-refractivity contribution in [2.45, 2.75) is 20.8 Å². The average molecular weight is 176 g/mol. The zero-order chi connectivity index (χ0) is 9.84. The Morgan fingerprint density at radius 3 is 2.15 bits per heavy atom. The highest BCUT2D eigenvalue weighted by Crippen LogP contribution is 2.21. The minimum Gasteiger partial charge on any atom is -0.403 e. The fourth-order valence-electron chi connectivity index (χ4n) is 1.54. The largest absolute Gasteiger partial charge is 0.403 e. The molecule has 0 aromatic heterocycles. The first-order valence-corrected chi connectivity index (χ1v) is 4.36. The topological polar surface area (TPSA) is 38.0 Å². The molecule has 3 N–H and O–H groups in total. The van der Waals surface area contributed by atoms with Crippen molar-refractivity contribution in [3.63, 3.8) is 0 Å². The van der Waals surface area contributed by atoms with Gasteiger partial charge in [0.1, 0.15) is 0 Å². The lowest BCUT2D eigenvalue weighted by Gasteiger charge is -2.10. The van der Waals surface area contributed by atoms with E-state index in [2.05, 4.69) is 38.2 Å². The number of hydrogen-bond acceptors (Lipinski definition) is 2. The van der Waals surface area contributed by atoms with Gasteiger partial charge in [-0.05, 0) is 31.9 Å². The number of hydrogen-bond donors (Lipinski definition) is 2. The van der Waals surface area contributed by atoms with Crippen molar-refractivity contribution in [1.82, 2.24) is 0 Å². The molecule has 1 aromatic carbocycles. The molecule has 0 bridgehead atoms. The van der Waals surface area contributed by atoms with Gasteiger partial charge in [0.05, 0.1) is 0 Å². The number of aryl methyl sites for hydroxylation is 3. The summed E-state index contributed by atoms with van der Waals surface area (Å²) in [6, 6.07) is 4.30. The molecule has 1 aromatic rings. The van der Waals surface area contributed by atoms with Crippen molar-refractivity contribution >= 4 is 5.69 Å². The van der Waals surface area contributed by atoms with Gasteiger partial charge in [-0.2, -0.15) is 0 Å². The lowest BCUT2D eigenvalue weighted by molar-refractivity contribution is 1.31. The van der Waals surface area contributed by atoms with Crippen LogP contribution < -0.4 is 11.1 Å². The van der Waals surface area contributed by atoms with E-state index in [0.717, 1.165) is 5.69 Å². The van der Waals surface area contributed by atoms with Crippen molar-refractivity contribution in [3.8, 4) is 0 Å². The molecule has 0 atom stereocenters. The lowest BCUT2D eigenvalue weighted by atomic mass is 10.1. The molecule has 0 saturated carbocycles. The maximum atomic E-state index is 5.26. The molecule has 2 nitrogen and oxygen atoms in total. The summed E-state index contributed by atoms with van der Waals surface area (Å²) < 4.78 is 0. The van der Waals surface area contributed by atoms with Gasteiger partial charge in [-0.15, -0.1) is 0 Å². The molecule has 0 saturated heterocycles. The van der Waals surface area contributed by atoms with E-state index >= 15 is 0 Å². The van der Waals surface area contributed by atoms with Crippen LogP contribution in [0.1, 0.15) is 16.7 Å². The zero-order valence-corrected chi connectivity index (χ0v) is 8.39. The van der Waals surface area contributed by atoms with Crippen LogP contribution in [0.3, 0.4) is 0 Å². The van der Waals surface area contributed by atoms with Crippen LogP contribution >= 0.6 is 0 Å². The SMILES string of the molecule is Cc1cc(C)c(N/C=C/N)c(C)c1. The Labute approximate surface area is 79.5 Å². The number of rotatable bonds is 2. The summed E-state index contributed by atoms with van der Waals surface area (Å²) in [6.07, 6.45) is 3.24. The summed E-state index contributed by atoms with van der Waals surface area (Å²) in [7, 11) is 0. The van der Waals surface area contributed by atoms with Crippen molar-refractivity contribution in [3.05, 3.63) is 41.2 Å². The highest BCUT2D eigenvalue weighted by Gasteiger charge is 2.00. The summed E-state index contributed by atoms with van der Waals surface area (Å²) in [5.41, 5.74) is 10.2.